The van der Waals surface area contributed by atoms with Crippen molar-refractivity contribution in [3.63, 3.8) is 0 Å². The number of carbonyl (C=O) groups excluding carboxylic acids is 1. The summed E-state index contributed by atoms with van der Waals surface area (Å²) >= 11 is 0. The average Bonchev–Trinajstić information content (AvgIpc) is 2.25. The van der Waals surface area contributed by atoms with Gasteiger partial charge in [-0.3, -0.25) is 4.79 Å². The van der Waals surface area contributed by atoms with E-state index in [9.17, 15) is 4.79 Å². The topological polar surface area (TPSA) is 47.6 Å². The van der Waals surface area contributed by atoms with Gasteiger partial charge in [-0.05, 0) is 26.3 Å². The standard InChI is InChI=1S/C10H19NO3/c1-2-13-6-7-14-10(12)9-4-3-5-11-8-9/h9,11H,2-8H2,1H3/t9-/m0/s1. The summed E-state index contributed by atoms with van der Waals surface area (Å²) in [6.45, 7) is 5.25. The Kier molecular flexibility index (Phi) is 5.56. The van der Waals surface area contributed by atoms with E-state index < -0.39 is 0 Å². The predicted molar refractivity (Wildman–Crippen MR) is 53.0 cm³/mol. The second-order valence-corrected chi connectivity index (χ2v) is 3.41. The summed E-state index contributed by atoms with van der Waals surface area (Å²) in [5.41, 5.74) is 0. The maximum atomic E-state index is 11.4. The molecule has 4 heteroatoms. The van der Waals surface area contributed by atoms with E-state index in [1.807, 2.05) is 6.92 Å². The Hall–Kier alpha value is -0.610. The molecule has 1 rings (SSSR count). The summed E-state index contributed by atoms with van der Waals surface area (Å²) in [5, 5.41) is 3.19. The van der Waals surface area contributed by atoms with Crippen molar-refractivity contribution in [1.29, 1.82) is 0 Å². The van der Waals surface area contributed by atoms with Gasteiger partial charge in [0.15, 0.2) is 0 Å². The molecule has 0 aromatic carbocycles. The van der Waals surface area contributed by atoms with Gasteiger partial charge in [-0.25, -0.2) is 0 Å². The minimum absolute atomic E-state index is 0.0466. The van der Waals surface area contributed by atoms with E-state index in [1.165, 1.54) is 0 Å². The van der Waals surface area contributed by atoms with Gasteiger partial charge < -0.3 is 14.8 Å². The lowest BCUT2D eigenvalue weighted by atomic mass is 10.0. The summed E-state index contributed by atoms with van der Waals surface area (Å²) in [6.07, 6.45) is 2.01. The molecule has 1 aliphatic heterocycles. The van der Waals surface area contributed by atoms with Crippen molar-refractivity contribution >= 4 is 5.97 Å². The van der Waals surface area contributed by atoms with Crippen molar-refractivity contribution in [3.8, 4) is 0 Å². The van der Waals surface area contributed by atoms with Crippen LogP contribution in [-0.4, -0.2) is 38.9 Å². The number of rotatable bonds is 5. The van der Waals surface area contributed by atoms with E-state index >= 15 is 0 Å². The van der Waals surface area contributed by atoms with Crippen LogP contribution < -0.4 is 5.32 Å². The van der Waals surface area contributed by atoms with Gasteiger partial charge in [0.05, 0.1) is 12.5 Å². The molecule has 0 amide bonds. The molecule has 0 saturated carbocycles. The van der Waals surface area contributed by atoms with Crippen LogP contribution in [0.3, 0.4) is 0 Å². The normalized spacial score (nSPS) is 21.9. The number of hydrogen-bond donors (Lipinski definition) is 1. The highest BCUT2D eigenvalue weighted by Gasteiger charge is 2.21. The van der Waals surface area contributed by atoms with Crippen molar-refractivity contribution < 1.29 is 14.3 Å². The number of carbonyl (C=O) groups is 1. The Morgan fingerprint density at radius 2 is 2.36 bits per heavy atom. The molecule has 1 aliphatic rings. The second-order valence-electron chi connectivity index (χ2n) is 3.41. The molecule has 1 fully saturated rings. The van der Waals surface area contributed by atoms with Crippen molar-refractivity contribution in [2.45, 2.75) is 19.8 Å². The molecule has 0 spiro atoms. The molecule has 0 aromatic heterocycles. The summed E-state index contributed by atoms with van der Waals surface area (Å²) in [4.78, 5) is 11.4. The molecule has 4 nitrogen and oxygen atoms in total. The number of nitrogens with one attached hydrogen (secondary N) is 1. The Morgan fingerprint density at radius 3 is 3.00 bits per heavy atom. The van der Waals surface area contributed by atoms with Crippen molar-refractivity contribution in [2.75, 3.05) is 32.9 Å². The number of esters is 1. The third-order valence-electron chi connectivity index (χ3n) is 2.31. The molecule has 1 atom stereocenters. The highest BCUT2D eigenvalue weighted by atomic mass is 16.6. The van der Waals surface area contributed by atoms with Gasteiger partial charge in [-0.15, -0.1) is 0 Å². The van der Waals surface area contributed by atoms with E-state index in [0.717, 1.165) is 25.9 Å². The van der Waals surface area contributed by atoms with Crippen molar-refractivity contribution in [1.82, 2.24) is 5.32 Å². The molecular weight excluding hydrogens is 182 g/mol. The molecule has 1 heterocycles. The maximum absolute atomic E-state index is 11.4. The Bertz CT molecular complexity index is 167. The van der Waals surface area contributed by atoms with E-state index in [1.54, 1.807) is 0 Å². The van der Waals surface area contributed by atoms with Gasteiger partial charge in [-0.1, -0.05) is 0 Å². The smallest absolute Gasteiger partial charge is 0.310 e. The van der Waals surface area contributed by atoms with Crippen molar-refractivity contribution in [3.05, 3.63) is 0 Å². The lowest BCUT2D eigenvalue weighted by molar-refractivity contribution is -0.150. The molecule has 0 unspecified atom stereocenters. The zero-order chi connectivity index (χ0) is 10.2. The zero-order valence-electron chi connectivity index (χ0n) is 8.75. The lowest BCUT2D eigenvalue weighted by Gasteiger charge is -2.20. The van der Waals surface area contributed by atoms with Gasteiger partial charge in [0, 0.05) is 13.2 Å². The highest BCUT2D eigenvalue weighted by molar-refractivity contribution is 5.72. The molecule has 1 saturated heterocycles. The SMILES string of the molecule is CCOCCOC(=O)[C@H]1CCCNC1. The molecule has 0 aliphatic carbocycles. The van der Waals surface area contributed by atoms with Crippen LogP contribution in [0.5, 0.6) is 0 Å². The fraction of sp³-hybridized carbons (Fsp3) is 0.900. The van der Waals surface area contributed by atoms with E-state index in [0.29, 0.717) is 19.8 Å². The van der Waals surface area contributed by atoms with Gasteiger partial charge in [-0.2, -0.15) is 0 Å². The van der Waals surface area contributed by atoms with Crippen LogP contribution in [0.1, 0.15) is 19.8 Å². The van der Waals surface area contributed by atoms with E-state index in [-0.39, 0.29) is 11.9 Å². The van der Waals surface area contributed by atoms with Gasteiger partial charge in [0.25, 0.3) is 0 Å². The van der Waals surface area contributed by atoms with Crippen LogP contribution in [0.4, 0.5) is 0 Å². The maximum Gasteiger partial charge on any atom is 0.310 e. The molecule has 0 aromatic rings. The van der Waals surface area contributed by atoms with Gasteiger partial charge in [0.2, 0.25) is 0 Å². The minimum Gasteiger partial charge on any atom is -0.463 e. The molecule has 14 heavy (non-hydrogen) atoms. The first-order valence-corrected chi connectivity index (χ1v) is 5.29. The molecule has 0 radical (unpaired) electrons. The largest absolute Gasteiger partial charge is 0.463 e. The third kappa shape index (κ3) is 4.07. The first-order valence-electron chi connectivity index (χ1n) is 5.29. The number of ether oxygens (including phenoxy) is 2. The Morgan fingerprint density at radius 1 is 1.50 bits per heavy atom. The monoisotopic (exact) mass is 201 g/mol. The summed E-state index contributed by atoms with van der Waals surface area (Å²) < 4.78 is 10.2. The van der Waals surface area contributed by atoms with Crippen LogP contribution in [0, 0.1) is 5.92 Å². The van der Waals surface area contributed by atoms with Crippen LogP contribution in [-0.2, 0) is 14.3 Å². The lowest BCUT2D eigenvalue weighted by Crippen LogP contribution is -2.35. The second kappa shape index (κ2) is 6.79. The van der Waals surface area contributed by atoms with Gasteiger partial charge in [0.1, 0.15) is 6.61 Å². The molecular formula is C10H19NO3. The Labute approximate surface area is 85.0 Å². The first-order chi connectivity index (χ1) is 6.84. The average molecular weight is 201 g/mol. The number of piperidine rings is 1. The summed E-state index contributed by atoms with van der Waals surface area (Å²) in [7, 11) is 0. The van der Waals surface area contributed by atoms with Gasteiger partial charge >= 0.3 is 5.97 Å². The summed E-state index contributed by atoms with van der Waals surface area (Å²) in [5.74, 6) is -0.0396. The zero-order valence-corrected chi connectivity index (χ0v) is 8.75. The fourth-order valence-electron chi connectivity index (χ4n) is 1.52. The first kappa shape index (κ1) is 11.5. The quantitative estimate of drug-likeness (QED) is 0.521. The van der Waals surface area contributed by atoms with Crippen molar-refractivity contribution in [2.24, 2.45) is 5.92 Å². The number of hydrogen-bond acceptors (Lipinski definition) is 4. The molecule has 0 bridgehead atoms. The Balaban J connectivity index is 2.07. The summed E-state index contributed by atoms with van der Waals surface area (Å²) in [6, 6.07) is 0. The molecule has 1 N–H and O–H groups in total. The van der Waals surface area contributed by atoms with E-state index in [2.05, 4.69) is 5.32 Å². The predicted octanol–water partition coefficient (Wildman–Crippen LogP) is 0.566. The third-order valence-corrected chi connectivity index (χ3v) is 2.31. The minimum atomic E-state index is -0.0862. The molecule has 82 valence electrons. The van der Waals surface area contributed by atoms with Crippen LogP contribution in [0.25, 0.3) is 0 Å². The highest BCUT2D eigenvalue weighted by Crippen LogP contribution is 2.11. The van der Waals surface area contributed by atoms with Crippen LogP contribution >= 0.6 is 0 Å². The van der Waals surface area contributed by atoms with Crippen LogP contribution in [0.15, 0.2) is 0 Å². The van der Waals surface area contributed by atoms with Crippen LogP contribution in [0.2, 0.25) is 0 Å². The van der Waals surface area contributed by atoms with E-state index in [4.69, 9.17) is 9.47 Å². The fourth-order valence-corrected chi connectivity index (χ4v) is 1.52.